The SMILES string of the molecule is Cn1cc(-c2nn(Cc3cccc(C#N)c3)c3c2CNCC3)nn1. The molecule has 1 aromatic carbocycles. The number of nitrogens with zero attached hydrogens (tertiary/aromatic N) is 6. The van der Waals surface area contributed by atoms with Gasteiger partial charge in [0.1, 0.15) is 11.4 Å². The molecule has 0 amide bonds. The number of hydrogen-bond acceptors (Lipinski definition) is 5. The van der Waals surface area contributed by atoms with Crippen molar-refractivity contribution in [2.75, 3.05) is 6.54 Å². The highest BCUT2D eigenvalue weighted by Gasteiger charge is 2.23. The number of nitrogens with one attached hydrogen (secondary N) is 1. The van der Waals surface area contributed by atoms with Crippen molar-refractivity contribution in [3.8, 4) is 17.5 Å². The molecule has 0 aliphatic carbocycles. The highest BCUT2D eigenvalue weighted by molar-refractivity contribution is 5.59. The Morgan fingerprint density at radius 1 is 1.38 bits per heavy atom. The topological polar surface area (TPSA) is 84.4 Å². The third kappa shape index (κ3) is 2.57. The molecule has 0 saturated heterocycles. The number of benzene rings is 1. The van der Waals surface area contributed by atoms with Crippen LogP contribution >= 0.6 is 0 Å². The molecule has 7 heteroatoms. The number of aryl methyl sites for hydroxylation is 1. The molecule has 7 nitrogen and oxygen atoms in total. The standard InChI is InChI=1S/C17H17N7/c1-23-11-15(20-22-23)17-14-9-19-6-5-16(14)24(21-17)10-13-4-2-3-12(7-13)8-18/h2-4,7,11,19H,5-6,9-10H2,1H3. The Kier molecular flexibility index (Phi) is 3.59. The number of rotatable bonds is 3. The van der Waals surface area contributed by atoms with E-state index < -0.39 is 0 Å². The molecule has 3 aromatic rings. The molecule has 24 heavy (non-hydrogen) atoms. The van der Waals surface area contributed by atoms with Crippen LogP contribution in [-0.4, -0.2) is 31.3 Å². The molecule has 0 bridgehead atoms. The predicted molar refractivity (Wildman–Crippen MR) is 87.9 cm³/mol. The van der Waals surface area contributed by atoms with Crippen LogP contribution in [0.2, 0.25) is 0 Å². The Bertz CT molecular complexity index is 929. The van der Waals surface area contributed by atoms with E-state index in [1.165, 1.54) is 11.3 Å². The van der Waals surface area contributed by atoms with Gasteiger partial charge in [-0.25, -0.2) is 0 Å². The fourth-order valence-electron chi connectivity index (χ4n) is 3.12. The zero-order valence-electron chi connectivity index (χ0n) is 13.4. The zero-order valence-corrected chi connectivity index (χ0v) is 13.4. The van der Waals surface area contributed by atoms with Gasteiger partial charge in [0.2, 0.25) is 0 Å². The van der Waals surface area contributed by atoms with E-state index >= 15 is 0 Å². The lowest BCUT2D eigenvalue weighted by Crippen LogP contribution is -2.25. The summed E-state index contributed by atoms with van der Waals surface area (Å²) in [7, 11) is 1.85. The molecule has 3 heterocycles. The zero-order chi connectivity index (χ0) is 16.5. The van der Waals surface area contributed by atoms with E-state index in [4.69, 9.17) is 10.4 Å². The second-order valence-electron chi connectivity index (χ2n) is 5.95. The molecule has 0 fully saturated rings. The van der Waals surface area contributed by atoms with E-state index in [2.05, 4.69) is 21.7 Å². The Labute approximate surface area is 139 Å². The molecule has 0 unspecified atom stereocenters. The summed E-state index contributed by atoms with van der Waals surface area (Å²) in [6.45, 7) is 2.38. The molecule has 4 rings (SSSR count). The van der Waals surface area contributed by atoms with Crippen LogP contribution in [0.4, 0.5) is 0 Å². The average Bonchev–Trinajstić information content (AvgIpc) is 3.19. The monoisotopic (exact) mass is 319 g/mol. The van der Waals surface area contributed by atoms with Crippen LogP contribution in [0.5, 0.6) is 0 Å². The minimum absolute atomic E-state index is 0.651. The van der Waals surface area contributed by atoms with E-state index in [0.717, 1.165) is 36.5 Å². The van der Waals surface area contributed by atoms with Gasteiger partial charge in [0, 0.05) is 37.8 Å². The summed E-state index contributed by atoms with van der Waals surface area (Å²) < 4.78 is 3.73. The molecule has 0 radical (unpaired) electrons. The van der Waals surface area contributed by atoms with E-state index in [9.17, 15) is 0 Å². The lowest BCUT2D eigenvalue weighted by atomic mass is 10.1. The van der Waals surface area contributed by atoms with Crippen LogP contribution in [0.15, 0.2) is 30.5 Å². The first-order valence-electron chi connectivity index (χ1n) is 7.89. The van der Waals surface area contributed by atoms with Crippen LogP contribution < -0.4 is 5.32 Å². The van der Waals surface area contributed by atoms with E-state index in [0.29, 0.717) is 12.1 Å². The molecule has 0 saturated carbocycles. The minimum atomic E-state index is 0.651. The van der Waals surface area contributed by atoms with Gasteiger partial charge in [-0.05, 0) is 17.7 Å². The average molecular weight is 319 g/mol. The Morgan fingerprint density at radius 2 is 2.29 bits per heavy atom. The molecule has 1 aliphatic heterocycles. The second-order valence-corrected chi connectivity index (χ2v) is 5.95. The number of hydrogen-bond donors (Lipinski definition) is 1. The first-order chi connectivity index (χ1) is 11.7. The van der Waals surface area contributed by atoms with E-state index in [-0.39, 0.29) is 0 Å². The summed E-state index contributed by atoms with van der Waals surface area (Å²) in [5.74, 6) is 0. The molecule has 1 N–H and O–H groups in total. The van der Waals surface area contributed by atoms with Crippen molar-refractivity contribution in [3.05, 3.63) is 52.8 Å². The van der Waals surface area contributed by atoms with Crippen molar-refractivity contribution in [3.63, 3.8) is 0 Å². The normalized spacial score (nSPS) is 13.5. The van der Waals surface area contributed by atoms with Crippen LogP contribution in [-0.2, 0) is 26.6 Å². The highest BCUT2D eigenvalue weighted by Crippen LogP contribution is 2.26. The van der Waals surface area contributed by atoms with Crippen molar-refractivity contribution in [2.24, 2.45) is 7.05 Å². The third-order valence-electron chi connectivity index (χ3n) is 4.24. The van der Waals surface area contributed by atoms with Crippen molar-refractivity contribution in [1.82, 2.24) is 30.1 Å². The predicted octanol–water partition coefficient (Wildman–Crippen LogP) is 1.24. The molecule has 0 atom stereocenters. The summed E-state index contributed by atoms with van der Waals surface area (Å²) in [4.78, 5) is 0. The Hall–Kier alpha value is -2.98. The van der Waals surface area contributed by atoms with Crippen LogP contribution in [0.3, 0.4) is 0 Å². The molecule has 120 valence electrons. The smallest absolute Gasteiger partial charge is 0.133 e. The van der Waals surface area contributed by atoms with Gasteiger partial charge in [-0.3, -0.25) is 9.36 Å². The minimum Gasteiger partial charge on any atom is -0.312 e. The number of fused-ring (bicyclic) bond motifs is 1. The van der Waals surface area contributed by atoms with Crippen LogP contribution in [0, 0.1) is 11.3 Å². The quantitative estimate of drug-likeness (QED) is 0.785. The fourth-order valence-corrected chi connectivity index (χ4v) is 3.12. The first-order valence-corrected chi connectivity index (χ1v) is 7.89. The van der Waals surface area contributed by atoms with Gasteiger partial charge in [-0.2, -0.15) is 10.4 Å². The fraction of sp³-hybridized carbons (Fsp3) is 0.294. The summed E-state index contributed by atoms with van der Waals surface area (Å²) in [6.07, 6.45) is 2.82. The van der Waals surface area contributed by atoms with E-state index in [1.54, 1.807) is 4.68 Å². The van der Waals surface area contributed by atoms with Crippen molar-refractivity contribution < 1.29 is 0 Å². The highest BCUT2D eigenvalue weighted by atomic mass is 15.4. The second kappa shape index (κ2) is 5.91. The summed E-state index contributed by atoms with van der Waals surface area (Å²) in [5.41, 5.74) is 5.85. The van der Waals surface area contributed by atoms with Gasteiger partial charge < -0.3 is 5.32 Å². The number of nitriles is 1. The maximum atomic E-state index is 9.08. The Morgan fingerprint density at radius 3 is 3.08 bits per heavy atom. The van der Waals surface area contributed by atoms with Gasteiger partial charge in [-0.15, -0.1) is 5.10 Å². The lowest BCUT2D eigenvalue weighted by Gasteiger charge is -2.15. The van der Waals surface area contributed by atoms with Crippen LogP contribution in [0.1, 0.15) is 22.4 Å². The lowest BCUT2D eigenvalue weighted by molar-refractivity contribution is 0.582. The summed E-state index contributed by atoms with van der Waals surface area (Å²) in [5, 5.41) is 25.5. The molecular formula is C17H17N7. The van der Waals surface area contributed by atoms with Gasteiger partial charge in [0.05, 0.1) is 24.4 Å². The van der Waals surface area contributed by atoms with E-state index in [1.807, 2.05) is 42.2 Å². The van der Waals surface area contributed by atoms with Crippen molar-refractivity contribution in [2.45, 2.75) is 19.5 Å². The van der Waals surface area contributed by atoms with Crippen molar-refractivity contribution in [1.29, 1.82) is 5.26 Å². The third-order valence-corrected chi connectivity index (χ3v) is 4.24. The maximum absolute atomic E-state index is 9.08. The van der Waals surface area contributed by atoms with Gasteiger partial charge in [0.15, 0.2) is 0 Å². The molecule has 0 spiro atoms. The summed E-state index contributed by atoms with van der Waals surface area (Å²) in [6, 6.07) is 9.86. The van der Waals surface area contributed by atoms with Crippen LogP contribution in [0.25, 0.3) is 11.4 Å². The molecule has 2 aromatic heterocycles. The van der Waals surface area contributed by atoms with Gasteiger partial charge >= 0.3 is 0 Å². The van der Waals surface area contributed by atoms with Crippen molar-refractivity contribution >= 4 is 0 Å². The molecule has 1 aliphatic rings. The molecular weight excluding hydrogens is 302 g/mol. The maximum Gasteiger partial charge on any atom is 0.133 e. The first kappa shape index (κ1) is 14.6. The summed E-state index contributed by atoms with van der Waals surface area (Å²) >= 11 is 0. The van der Waals surface area contributed by atoms with Gasteiger partial charge in [0.25, 0.3) is 0 Å². The van der Waals surface area contributed by atoms with Gasteiger partial charge in [-0.1, -0.05) is 17.3 Å². The largest absolute Gasteiger partial charge is 0.312 e. The Balaban J connectivity index is 1.75. The number of aromatic nitrogens is 5.